The molecule has 1 aliphatic rings. The summed E-state index contributed by atoms with van der Waals surface area (Å²) < 4.78 is 12.2. The quantitative estimate of drug-likeness (QED) is 0.675. The minimum absolute atomic E-state index is 0.0142. The molecule has 26 heavy (non-hydrogen) atoms. The molecule has 3 rings (SSSR count). The van der Waals surface area contributed by atoms with Crippen molar-refractivity contribution in [2.45, 2.75) is 39.0 Å². The van der Waals surface area contributed by atoms with Crippen molar-refractivity contribution in [3.8, 4) is 17.4 Å². The molecule has 0 atom stereocenters. The van der Waals surface area contributed by atoms with E-state index in [0.717, 1.165) is 31.2 Å². The van der Waals surface area contributed by atoms with E-state index < -0.39 is 0 Å². The monoisotopic (exact) mass is 377 g/mol. The summed E-state index contributed by atoms with van der Waals surface area (Å²) in [6.45, 7) is 3.34. The van der Waals surface area contributed by atoms with Crippen LogP contribution in [0.2, 0.25) is 5.02 Å². The number of carbonyl (C=O) groups excluding carboxylic acids is 1. The number of benzene rings is 1. The third-order valence-electron chi connectivity index (χ3n) is 4.50. The fraction of sp³-hybridized carbons (Fsp3) is 0.526. The number of carbonyl (C=O) groups is 1. The van der Waals surface area contributed by atoms with E-state index in [9.17, 15) is 4.79 Å². The molecular formula is C19H24ClN3O3. The van der Waals surface area contributed by atoms with Gasteiger partial charge in [0.25, 0.3) is 5.91 Å². The van der Waals surface area contributed by atoms with Crippen LogP contribution in [-0.2, 0) is 4.74 Å². The lowest BCUT2D eigenvalue weighted by Gasteiger charge is -2.20. The molecular weight excluding hydrogens is 354 g/mol. The van der Waals surface area contributed by atoms with Crippen molar-refractivity contribution in [2.24, 2.45) is 5.92 Å². The predicted octanol–water partition coefficient (Wildman–Crippen LogP) is 4.23. The molecule has 0 bridgehead atoms. The number of hydrogen-bond donors (Lipinski definition) is 0. The molecule has 7 heteroatoms. The molecule has 1 saturated carbocycles. The molecule has 0 unspecified atom stereocenters. The highest BCUT2D eigenvalue weighted by Gasteiger charge is 2.27. The van der Waals surface area contributed by atoms with Crippen LogP contribution in [0, 0.1) is 5.92 Å². The van der Waals surface area contributed by atoms with Gasteiger partial charge < -0.3 is 9.47 Å². The maximum Gasteiger partial charge on any atom is 0.336 e. The summed E-state index contributed by atoms with van der Waals surface area (Å²) in [5, 5.41) is 4.91. The van der Waals surface area contributed by atoms with Gasteiger partial charge in [-0.3, -0.25) is 4.79 Å². The lowest BCUT2D eigenvalue weighted by atomic mass is 9.88. The van der Waals surface area contributed by atoms with Gasteiger partial charge in [0.05, 0.1) is 6.61 Å². The Morgan fingerprint density at radius 2 is 2.08 bits per heavy atom. The number of halogens is 1. The SMILES string of the molecule is CCOCCOc1nc(-c2cccc(Cl)c2)n(C(=O)C2CCCCC2)n1. The molecule has 0 amide bonds. The Bertz CT molecular complexity index is 741. The molecule has 1 heterocycles. The molecule has 1 fully saturated rings. The van der Waals surface area contributed by atoms with Gasteiger partial charge in [0, 0.05) is 23.1 Å². The van der Waals surface area contributed by atoms with Crippen LogP contribution in [0.15, 0.2) is 24.3 Å². The van der Waals surface area contributed by atoms with E-state index in [4.69, 9.17) is 21.1 Å². The van der Waals surface area contributed by atoms with Crippen LogP contribution in [0.4, 0.5) is 0 Å². The Balaban J connectivity index is 1.86. The number of hydrogen-bond acceptors (Lipinski definition) is 5. The normalized spacial score (nSPS) is 15.2. The van der Waals surface area contributed by atoms with E-state index in [-0.39, 0.29) is 17.8 Å². The zero-order chi connectivity index (χ0) is 18.4. The van der Waals surface area contributed by atoms with Gasteiger partial charge in [0.2, 0.25) is 0 Å². The Morgan fingerprint density at radius 1 is 1.27 bits per heavy atom. The van der Waals surface area contributed by atoms with E-state index in [1.54, 1.807) is 12.1 Å². The molecule has 6 nitrogen and oxygen atoms in total. The molecule has 0 aliphatic heterocycles. The lowest BCUT2D eigenvalue weighted by molar-refractivity contribution is 0.0781. The molecule has 0 N–H and O–H groups in total. The van der Waals surface area contributed by atoms with Crippen molar-refractivity contribution >= 4 is 17.5 Å². The summed E-state index contributed by atoms with van der Waals surface area (Å²) in [6.07, 6.45) is 5.14. The molecule has 0 radical (unpaired) electrons. The van der Waals surface area contributed by atoms with Crippen molar-refractivity contribution in [2.75, 3.05) is 19.8 Å². The minimum Gasteiger partial charge on any atom is -0.460 e. The minimum atomic E-state index is -0.0215. The van der Waals surface area contributed by atoms with E-state index in [1.165, 1.54) is 11.1 Å². The summed E-state index contributed by atoms with van der Waals surface area (Å²) in [7, 11) is 0. The van der Waals surface area contributed by atoms with Crippen LogP contribution in [0.25, 0.3) is 11.4 Å². The summed E-state index contributed by atoms with van der Waals surface area (Å²) in [5.41, 5.74) is 0.744. The van der Waals surface area contributed by atoms with Gasteiger partial charge in [-0.1, -0.05) is 43.0 Å². The van der Waals surface area contributed by atoms with Gasteiger partial charge in [-0.05, 0) is 31.9 Å². The van der Waals surface area contributed by atoms with Crippen molar-refractivity contribution < 1.29 is 14.3 Å². The summed E-state index contributed by atoms with van der Waals surface area (Å²) in [6, 6.07) is 7.44. The first-order valence-electron chi connectivity index (χ1n) is 9.16. The number of rotatable bonds is 7. The second kappa shape index (κ2) is 9.14. The number of ether oxygens (including phenoxy) is 2. The number of aromatic nitrogens is 3. The van der Waals surface area contributed by atoms with Gasteiger partial charge in [0.15, 0.2) is 5.82 Å². The number of nitrogens with zero attached hydrogens (tertiary/aromatic N) is 3. The zero-order valence-corrected chi connectivity index (χ0v) is 15.7. The highest BCUT2D eigenvalue weighted by atomic mass is 35.5. The van der Waals surface area contributed by atoms with Crippen molar-refractivity contribution in [3.63, 3.8) is 0 Å². The fourth-order valence-electron chi connectivity index (χ4n) is 3.18. The van der Waals surface area contributed by atoms with Gasteiger partial charge in [0.1, 0.15) is 6.61 Å². The summed E-state index contributed by atoms with van der Waals surface area (Å²) >= 11 is 6.11. The molecule has 140 valence electrons. The first kappa shape index (κ1) is 18.9. The van der Waals surface area contributed by atoms with E-state index in [0.29, 0.717) is 30.7 Å². The third-order valence-corrected chi connectivity index (χ3v) is 4.73. The first-order valence-corrected chi connectivity index (χ1v) is 9.54. The third kappa shape index (κ3) is 4.62. The van der Waals surface area contributed by atoms with Crippen molar-refractivity contribution in [1.82, 2.24) is 14.8 Å². The molecule has 2 aromatic rings. The first-order chi connectivity index (χ1) is 12.7. The average Bonchev–Trinajstić information content (AvgIpc) is 3.09. The molecule has 0 saturated heterocycles. The van der Waals surface area contributed by atoms with Crippen molar-refractivity contribution in [1.29, 1.82) is 0 Å². The molecule has 0 spiro atoms. The smallest absolute Gasteiger partial charge is 0.336 e. The van der Waals surface area contributed by atoms with E-state index in [1.807, 2.05) is 19.1 Å². The Hall–Kier alpha value is -1.92. The van der Waals surface area contributed by atoms with Crippen LogP contribution >= 0.6 is 11.6 Å². The molecule has 1 aromatic carbocycles. The zero-order valence-electron chi connectivity index (χ0n) is 15.0. The highest BCUT2D eigenvalue weighted by molar-refractivity contribution is 6.30. The molecule has 1 aromatic heterocycles. The van der Waals surface area contributed by atoms with E-state index >= 15 is 0 Å². The average molecular weight is 378 g/mol. The maximum absolute atomic E-state index is 13.0. The molecule has 1 aliphatic carbocycles. The Kier molecular flexibility index (Phi) is 6.63. The maximum atomic E-state index is 13.0. The topological polar surface area (TPSA) is 66.2 Å². The highest BCUT2D eigenvalue weighted by Crippen LogP contribution is 2.28. The Morgan fingerprint density at radius 3 is 2.81 bits per heavy atom. The standard InChI is InChI=1S/C19H24ClN3O3/c1-2-25-11-12-26-19-21-17(15-9-6-10-16(20)13-15)23(22-19)18(24)14-7-4-3-5-8-14/h6,9-10,13-14H,2-5,7-8,11-12H2,1H3. The predicted molar refractivity (Wildman–Crippen MR) is 99.7 cm³/mol. The van der Waals surface area contributed by atoms with Gasteiger partial charge in [-0.25, -0.2) is 0 Å². The summed E-state index contributed by atoms with van der Waals surface area (Å²) in [5.74, 6) is 0.431. The van der Waals surface area contributed by atoms with Crippen molar-refractivity contribution in [3.05, 3.63) is 29.3 Å². The fourth-order valence-corrected chi connectivity index (χ4v) is 3.37. The van der Waals surface area contributed by atoms with Crippen LogP contribution in [0.1, 0.15) is 43.8 Å². The van der Waals surface area contributed by atoms with Gasteiger partial charge >= 0.3 is 6.01 Å². The van der Waals surface area contributed by atoms with Crippen LogP contribution in [0.5, 0.6) is 6.01 Å². The second-order valence-electron chi connectivity index (χ2n) is 6.36. The lowest BCUT2D eigenvalue weighted by Crippen LogP contribution is -2.25. The second-order valence-corrected chi connectivity index (χ2v) is 6.80. The van der Waals surface area contributed by atoms with Gasteiger partial charge in [-0.15, -0.1) is 5.10 Å². The summed E-state index contributed by atoms with van der Waals surface area (Å²) in [4.78, 5) is 17.4. The largest absolute Gasteiger partial charge is 0.460 e. The van der Waals surface area contributed by atoms with Crippen LogP contribution in [0.3, 0.4) is 0 Å². The van der Waals surface area contributed by atoms with Crippen LogP contribution in [-0.4, -0.2) is 40.5 Å². The van der Waals surface area contributed by atoms with Gasteiger partial charge in [-0.2, -0.15) is 9.67 Å². The van der Waals surface area contributed by atoms with E-state index in [2.05, 4.69) is 10.1 Å². The van der Waals surface area contributed by atoms with Crippen LogP contribution < -0.4 is 4.74 Å². The Labute approximate surface area is 158 Å².